The molecule has 35 heavy (non-hydrogen) atoms. The Kier molecular flexibility index (Phi) is 5.68. The van der Waals surface area contributed by atoms with Crippen LogP contribution in [0.5, 0.6) is 0 Å². The molecule has 2 aromatic heterocycles. The highest BCUT2D eigenvalue weighted by Gasteiger charge is 2.22. The third kappa shape index (κ3) is 4.21. The molecule has 3 heterocycles. The normalized spacial score (nSPS) is 13.1. The maximum absolute atomic E-state index is 15.0. The number of hydrogen-bond acceptors (Lipinski definition) is 7. The van der Waals surface area contributed by atoms with Crippen LogP contribution in [0.4, 0.5) is 10.1 Å². The van der Waals surface area contributed by atoms with Crippen molar-refractivity contribution in [2.24, 2.45) is 0 Å². The number of nitrogens with zero attached hydrogens (tertiary/aromatic N) is 1. The molecule has 0 saturated heterocycles. The molecule has 1 aliphatic heterocycles. The topological polar surface area (TPSA) is 118 Å². The number of aromatic nitrogens is 2. The van der Waals surface area contributed by atoms with E-state index < -0.39 is 38.4 Å². The van der Waals surface area contributed by atoms with Crippen LogP contribution in [0.15, 0.2) is 56.3 Å². The lowest BCUT2D eigenvalue weighted by Gasteiger charge is -2.11. The number of aryl methyl sites for hydroxylation is 1. The number of fused-ring (bicyclic) bond motifs is 3. The van der Waals surface area contributed by atoms with Gasteiger partial charge in [-0.2, -0.15) is 0 Å². The Morgan fingerprint density at radius 1 is 1.14 bits per heavy atom. The second kappa shape index (κ2) is 8.58. The summed E-state index contributed by atoms with van der Waals surface area (Å²) in [5, 5.41) is 3.44. The second-order valence-electron chi connectivity index (χ2n) is 8.39. The van der Waals surface area contributed by atoms with E-state index in [1.165, 1.54) is 18.2 Å². The summed E-state index contributed by atoms with van der Waals surface area (Å²) in [6.45, 7) is 2.47. The van der Waals surface area contributed by atoms with Crippen molar-refractivity contribution in [3.63, 3.8) is 0 Å². The van der Waals surface area contributed by atoms with Gasteiger partial charge < -0.3 is 10.3 Å². The van der Waals surface area contributed by atoms with Gasteiger partial charge in [0.2, 0.25) is 0 Å². The number of ketones is 1. The van der Waals surface area contributed by atoms with Crippen molar-refractivity contribution in [3.8, 4) is 5.69 Å². The molecule has 0 spiro atoms. The van der Waals surface area contributed by atoms with Gasteiger partial charge in [0.15, 0.2) is 15.6 Å². The van der Waals surface area contributed by atoms with E-state index in [1.54, 1.807) is 25.1 Å². The van der Waals surface area contributed by atoms with Crippen LogP contribution in [0.25, 0.3) is 16.6 Å². The molecule has 0 unspecified atom stereocenters. The van der Waals surface area contributed by atoms with E-state index in [1.807, 2.05) is 0 Å². The number of Topliss-reactive ketones (excluding diaryl/α,β-unsaturated/α-hetero) is 1. The fourth-order valence-electron chi connectivity index (χ4n) is 4.29. The molecule has 0 radical (unpaired) electrons. The minimum Gasteiger partial charge on any atom is -0.384 e. The standard InChI is InChI=1S/C24H20FN3O5S2/c1-13-2-7-21(34-13)35(32,33)12-15(29)10-14-3-6-20(18(25)11-14)28-23(30)17-4-5-19-16(8-9-26-19)22(17)27-24(28)31/h2-7,11,26H,8-10,12H2,1H3,(H,27,31). The van der Waals surface area contributed by atoms with E-state index in [9.17, 15) is 22.8 Å². The molecule has 0 amide bonds. The third-order valence-corrected chi connectivity index (χ3v) is 9.16. The van der Waals surface area contributed by atoms with Crippen molar-refractivity contribution in [1.82, 2.24) is 9.55 Å². The quantitative estimate of drug-likeness (QED) is 0.409. The molecule has 0 bridgehead atoms. The van der Waals surface area contributed by atoms with Gasteiger partial charge >= 0.3 is 5.69 Å². The minimum atomic E-state index is -3.78. The number of halogens is 1. The number of thiophene rings is 1. The first-order valence-corrected chi connectivity index (χ1v) is 13.3. The van der Waals surface area contributed by atoms with Crippen molar-refractivity contribution in [2.75, 3.05) is 17.6 Å². The first kappa shape index (κ1) is 23.2. The molecular weight excluding hydrogens is 493 g/mol. The fourth-order valence-corrected chi connectivity index (χ4v) is 6.91. The number of hydrogen-bond donors (Lipinski definition) is 2. The van der Waals surface area contributed by atoms with E-state index in [4.69, 9.17) is 0 Å². The Labute approximate surface area is 203 Å². The summed E-state index contributed by atoms with van der Waals surface area (Å²) in [5.41, 5.74) is 0.676. The van der Waals surface area contributed by atoms with Gasteiger partial charge in [-0.3, -0.25) is 9.59 Å². The minimum absolute atomic E-state index is 0.112. The van der Waals surface area contributed by atoms with Crippen LogP contribution in [0.1, 0.15) is 16.0 Å². The second-order valence-corrected chi connectivity index (χ2v) is 11.9. The summed E-state index contributed by atoms with van der Waals surface area (Å²) in [7, 11) is -3.78. The van der Waals surface area contributed by atoms with Gasteiger partial charge in [0.1, 0.15) is 15.8 Å². The molecule has 2 N–H and O–H groups in total. The SMILES string of the molecule is Cc1ccc(S(=O)(=O)CC(=O)Cc2ccc(-n3c(=O)[nH]c4c5c(ccc4c3=O)NCC5)c(F)c2)s1. The predicted molar refractivity (Wildman–Crippen MR) is 132 cm³/mol. The van der Waals surface area contributed by atoms with Gasteiger partial charge in [-0.05, 0) is 55.3 Å². The zero-order valence-corrected chi connectivity index (χ0v) is 20.2. The molecule has 0 saturated carbocycles. The van der Waals surface area contributed by atoms with Crippen molar-refractivity contribution >= 4 is 43.5 Å². The molecule has 0 aliphatic carbocycles. The molecule has 5 rings (SSSR count). The lowest BCUT2D eigenvalue weighted by Crippen LogP contribution is -2.34. The Morgan fingerprint density at radius 3 is 2.66 bits per heavy atom. The molecular formula is C24H20FN3O5S2. The summed E-state index contributed by atoms with van der Waals surface area (Å²) < 4.78 is 40.7. The highest BCUT2D eigenvalue weighted by Crippen LogP contribution is 2.27. The predicted octanol–water partition coefficient (Wildman–Crippen LogP) is 2.74. The molecule has 4 aromatic rings. The lowest BCUT2D eigenvalue weighted by molar-refractivity contribution is -0.116. The molecule has 2 aromatic carbocycles. The zero-order chi connectivity index (χ0) is 24.9. The zero-order valence-electron chi connectivity index (χ0n) is 18.6. The average molecular weight is 514 g/mol. The number of benzene rings is 2. The highest BCUT2D eigenvalue weighted by atomic mass is 32.2. The highest BCUT2D eigenvalue weighted by molar-refractivity contribution is 7.94. The lowest BCUT2D eigenvalue weighted by atomic mass is 10.1. The Hall–Kier alpha value is -3.57. The Bertz CT molecular complexity index is 1730. The van der Waals surface area contributed by atoms with Crippen LogP contribution in [0.3, 0.4) is 0 Å². The monoisotopic (exact) mass is 513 g/mol. The summed E-state index contributed by atoms with van der Waals surface area (Å²) in [6.07, 6.45) is 0.355. The number of carbonyl (C=O) groups is 1. The maximum Gasteiger partial charge on any atom is 0.333 e. The number of rotatable bonds is 6. The Morgan fingerprint density at radius 2 is 1.94 bits per heavy atom. The Balaban J connectivity index is 1.44. The van der Waals surface area contributed by atoms with Gasteiger partial charge in [0.05, 0.1) is 16.6 Å². The van der Waals surface area contributed by atoms with Crippen molar-refractivity contribution in [1.29, 1.82) is 0 Å². The first-order chi connectivity index (χ1) is 16.6. The van der Waals surface area contributed by atoms with E-state index in [-0.39, 0.29) is 27.3 Å². The van der Waals surface area contributed by atoms with Gasteiger partial charge in [-0.1, -0.05) is 6.07 Å². The molecule has 180 valence electrons. The van der Waals surface area contributed by atoms with E-state index in [2.05, 4.69) is 10.3 Å². The third-order valence-electron chi connectivity index (χ3n) is 5.90. The van der Waals surface area contributed by atoms with Crippen molar-refractivity contribution in [2.45, 2.75) is 24.0 Å². The number of carbonyl (C=O) groups excluding carboxylic acids is 1. The van der Waals surface area contributed by atoms with Crippen LogP contribution < -0.4 is 16.6 Å². The molecule has 0 atom stereocenters. The van der Waals surface area contributed by atoms with Crippen molar-refractivity contribution in [3.05, 3.63) is 85.1 Å². The summed E-state index contributed by atoms with van der Waals surface area (Å²) in [5.74, 6) is -2.16. The average Bonchev–Trinajstić information content (AvgIpc) is 3.44. The van der Waals surface area contributed by atoms with Gasteiger partial charge in [0, 0.05) is 29.1 Å². The molecule has 0 fully saturated rings. The smallest absolute Gasteiger partial charge is 0.333 e. The summed E-state index contributed by atoms with van der Waals surface area (Å²) >= 11 is 1.09. The van der Waals surface area contributed by atoms with Crippen LogP contribution >= 0.6 is 11.3 Å². The van der Waals surface area contributed by atoms with Gasteiger partial charge in [-0.15, -0.1) is 11.3 Å². The van der Waals surface area contributed by atoms with E-state index in [0.29, 0.717) is 18.5 Å². The van der Waals surface area contributed by atoms with Crippen LogP contribution in [-0.4, -0.2) is 36.0 Å². The number of H-pyrrole nitrogens is 1. The van der Waals surface area contributed by atoms with Crippen LogP contribution in [0, 0.1) is 12.7 Å². The number of nitrogens with one attached hydrogen (secondary N) is 2. The summed E-state index contributed by atoms with van der Waals surface area (Å²) in [6, 6.07) is 10.1. The number of sulfone groups is 1. The van der Waals surface area contributed by atoms with Gasteiger partial charge in [-0.25, -0.2) is 22.2 Å². The molecule has 11 heteroatoms. The maximum atomic E-state index is 15.0. The molecule has 8 nitrogen and oxygen atoms in total. The number of anilines is 1. The van der Waals surface area contributed by atoms with E-state index >= 15 is 4.39 Å². The fraction of sp³-hybridized carbons (Fsp3) is 0.208. The molecule has 1 aliphatic rings. The first-order valence-electron chi connectivity index (χ1n) is 10.8. The number of aromatic amines is 1. The largest absolute Gasteiger partial charge is 0.384 e. The van der Waals surface area contributed by atoms with E-state index in [0.717, 1.165) is 38.1 Å². The van der Waals surface area contributed by atoms with Crippen LogP contribution in [0.2, 0.25) is 0 Å². The summed E-state index contributed by atoms with van der Waals surface area (Å²) in [4.78, 5) is 41.8. The van der Waals surface area contributed by atoms with Crippen LogP contribution in [-0.2, 0) is 27.5 Å². The van der Waals surface area contributed by atoms with Gasteiger partial charge in [0.25, 0.3) is 5.56 Å². The van der Waals surface area contributed by atoms with Crippen molar-refractivity contribution < 1.29 is 17.6 Å².